The number of fused-ring (bicyclic) bond motifs is 1. The third-order valence-electron chi connectivity index (χ3n) is 2.51. The Kier molecular flexibility index (Phi) is 3.57. The maximum absolute atomic E-state index is 11.6. The largest absolute Gasteiger partial charge is 0.465 e. The molecule has 0 saturated heterocycles. The lowest BCUT2D eigenvalue weighted by Crippen LogP contribution is -2.02. The van der Waals surface area contributed by atoms with Crippen LogP contribution in [0.5, 0.6) is 0 Å². The maximum atomic E-state index is 11.6. The minimum atomic E-state index is -0.342. The van der Waals surface area contributed by atoms with Crippen molar-refractivity contribution < 1.29 is 9.53 Å². The molecule has 18 heavy (non-hydrogen) atoms. The van der Waals surface area contributed by atoms with Gasteiger partial charge in [0.1, 0.15) is 21.9 Å². The number of thiophene rings is 1. The van der Waals surface area contributed by atoms with Gasteiger partial charge in [0.15, 0.2) is 0 Å². The molecule has 0 fully saturated rings. The molecule has 0 aromatic carbocycles. The molecule has 0 saturated carbocycles. The molecule has 2 heterocycles. The van der Waals surface area contributed by atoms with Gasteiger partial charge in [-0.3, -0.25) is 0 Å². The van der Waals surface area contributed by atoms with E-state index in [1.165, 1.54) is 24.8 Å². The van der Waals surface area contributed by atoms with E-state index in [1.54, 1.807) is 6.08 Å². The molecule has 2 aromatic rings. The fourth-order valence-electron chi connectivity index (χ4n) is 1.66. The molecule has 2 aromatic heterocycles. The summed E-state index contributed by atoms with van der Waals surface area (Å²) in [4.78, 5) is 21.3. The fourth-order valence-corrected chi connectivity index (χ4v) is 2.73. The number of anilines is 1. The molecule has 0 aliphatic heterocycles. The highest BCUT2D eigenvalue weighted by Gasteiger charge is 2.19. The Morgan fingerprint density at radius 3 is 3.06 bits per heavy atom. The van der Waals surface area contributed by atoms with Crippen molar-refractivity contribution in [3.05, 3.63) is 29.4 Å². The Morgan fingerprint density at radius 2 is 2.39 bits per heavy atom. The summed E-state index contributed by atoms with van der Waals surface area (Å²) in [5, 5.41) is 4.00. The number of methoxy groups -OCH3 is 1. The fraction of sp³-hybridized carbons (Fsp3) is 0.250. The number of aryl methyl sites for hydroxylation is 1. The van der Waals surface area contributed by atoms with Crippen LogP contribution in [0.3, 0.4) is 0 Å². The number of rotatable bonds is 4. The number of hydrogen-bond donors (Lipinski definition) is 1. The number of hydrogen-bond acceptors (Lipinski definition) is 6. The standard InChI is InChI=1S/C12H13N3O2S/c1-4-5-13-10-8-7(2)9(12(16)17-3)18-11(8)15-6-14-10/h4,6H,1,5H2,2-3H3,(H,13,14,15). The summed E-state index contributed by atoms with van der Waals surface area (Å²) in [6.07, 6.45) is 3.22. The van der Waals surface area contributed by atoms with Gasteiger partial charge in [-0.25, -0.2) is 14.8 Å². The molecule has 0 amide bonds. The van der Waals surface area contributed by atoms with Gasteiger partial charge in [-0.1, -0.05) is 6.08 Å². The molecular formula is C12H13N3O2S. The van der Waals surface area contributed by atoms with Crippen LogP contribution >= 0.6 is 11.3 Å². The first-order valence-corrected chi connectivity index (χ1v) is 6.17. The minimum Gasteiger partial charge on any atom is -0.465 e. The van der Waals surface area contributed by atoms with Crippen molar-refractivity contribution in [1.29, 1.82) is 0 Å². The first-order valence-electron chi connectivity index (χ1n) is 5.36. The van der Waals surface area contributed by atoms with E-state index in [9.17, 15) is 4.79 Å². The number of nitrogens with zero attached hydrogens (tertiary/aromatic N) is 2. The third-order valence-corrected chi connectivity index (χ3v) is 3.69. The second-order valence-corrected chi connectivity index (χ2v) is 4.62. The quantitative estimate of drug-likeness (QED) is 0.677. The summed E-state index contributed by atoms with van der Waals surface area (Å²) >= 11 is 1.31. The molecule has 0 bridgehead atoms. The van der Waals surface area contributed by atoms with E-state index in [0.29, 0.717) is 17.2 Å². The van der Waals surface area contributed by atoms with Crippen molar-refractivity contribution in [3.8, 4) is 0 Å². The van der Waals surface area contributed by atoms with Crippen LogP contribution in [0.25, 0.3) is 10.2 Å². The molecule has 1 N–H and O–H groups in total. The van der Waals surface area contributed by atoms with Crippen LogP contribution in [0.4, 0.5) is 5.82 Å². The van der Waals surface area contributed by atoms with Gasteiger partial charge in [-0.15, -0.1) is 17.9 Å². The van der Waals surface area contributed by atoms with E-state index in [2.05, 4.69) is 21.9 Å². The molecule has 2 rings (SSSR count). The van der Waals surface area contributed by atoms with Gasteiger partial charge in [-0.2, -0.15) is 0 Å². The molecule has 0 spiro atoms. The normalized spacial score (nSPS) is 10.3. The number of nitrogens with one attached hydrogen (secondary N) is 1. The van der Waals surface area contributed by atoms with Gasteiger partial charge in [0.25, 0.3) is 0 Å². The average molecular weight is 263 g/mol. The molecule has 0 unspecified atom stereocenters. The number of carbonyl (C=O) groups excluding carboxylic acids is 1. The summed E-state index contributed by atoms with van der Waals surface area (Å²) in [5.74, 6) is 0.369. The van der Waals surface area contributed by atoms with E-state index in [1.807, 2.05) is 6.92 Å². The lowest BCUT2D eigenvalue weighted by Gasteiger charge is -2.04. The van der Waals surface area contributed by atoms with Gasteiger partial charge in [0, 0.05) is 6.54 Å². The van der Waals surface area contributed by atoms with Crippen molar-refractivity contribution in [1.82, 2.24) is 9.97 Å². The van der Waals surface area contributed by atoms with Gasteiger partial charge in [0.05, 0.1) is 12.5 Å². The molecule has 6 heteroatoms. The maximum Gasteiger partial charge on any atom is 0.348 e. The molecule has 0 atom stereocenters. The highest BCUT2D eigenvalue weighted by atomic mass is 32.1. The number of esters is 1. The van der Waals surface area contributed by atoms with Crippen LogP contribution in [0.2, 0.25) is 0 Å². The summed E-state index contributed by atoms with van der Waals surface area (Å²) in [5.41, 5.74) is 0.842. The number of ether oxygens (including phenoxy) is 1. The third kappa shape index (κ3) is 2.06. The lowest BCUT2D eigenvalue weighted by molar-refractivity contribution is 0.0605. The van der Waals surface area contributed by atoms with Gasteiger partial charge in [-0.05, 0) is 12.5 Å². The first kappa shape index (κ1) is 12.5. The van der Waals surface area contributed by atoms with E-state index in [4.69, 9.17) is 4.74 Å². The van der Waals surface area contributed by atoms with E-state index in [-0.39, 0.29) is 5.97 Å². The van der Waals surface area contributed by atoms with Gasteiger partial charge in [0.2, 0.25) is 0 Å². The summed E-state index contributed by atoms with van der Waals surface area (Å²) in [7, 11) is 1.37. The van der Waals surface area contributed by atoms with Crippen molar-refractivity contribution >= 4 is 33.3 Å². The van der Waals surface area contributed by atoms with Crippen LogP contribution in [0, 0.1) is 6.92 Å². The minimum absolute atomic E-state index is 0.342. The second-order valence-electron chi connectivity index (χ2n) is 3.62. The zero-order chi connectivity index (χ0) is 13.1. The van der Waals surface area contributed by atoms with Crippen LogP contribution in [-0.4, -0.2) is 29.6 Å². The molecule has 0 radical (unpaired) electrons. The Balaban J connectivity index is 2.58. The van der Waals surface area contributed by atoms with Crippen molar-refractivity contribution in [2.24, 2.45) is 0 Å². The van der Waals surface area contributed by atoms with E-state index < -0.39 is 0 Å². The average Bonchev–Trinajstić information content (AvgIpc) is 2.73. The highest BCUT2D eigenvalue weighted by molar-refractivity contribution is 7.20. The molecule has 0 aliphatic rings. The molecule has 94 valence electrons. The van der Waals surface area contributed by atoms with Crippen molar-refractivity contribution in [3.63, 3.8) is 0 Å². The van der Waals surface area contributed by atoms with Crippen LogP contribution in [-0.2, 0) is 4.74 Å². The van der Waals surface area contributed by atoms with Crippen LogP contribution in [0.1, 0.15) is 15.2 Å². The summed E-state index contributed by atoms with van der Waals surface area (Å²) in [6.45, 7) is 6.12. The Bertz CT molecular complexity index is 607. The Hall–Kier alpha value is -1.95. The van der Waals surface area contributed by atoms with Gasteiger partial charge >= 0.3 is 5.97 Å². The zero-order valence-electron chi connectivity index (χ0n) is 10.2. The molecule has 5 nitrogen and oxygen atoms in total. The predicted octanol–water partition coefficient (Wildman–Crippen LogP) is 2.38. The zero-order valence-corrected chi connectivity index (χ0v) is 11.0. The van der Waals surface area contributed by atoms with Gasteiger partial charge < -0.3 is 10.1 Å². The topological polar surface area (TPSA) is 64.1 Å². The molecular weight excluding hydrogens is 250 g/mol. The number of aromatic nitrogens is 2. The second kappa shape index (κ2) is 5.14. The van der Waals surface area contributed by atoms with E-state index in [0.717, 1.165) is 15.8 Å². The number of carbonyl (C=O) groups is 1. The smallest absolute Gasteiger partial charge is 0.348 e. The summed E-state index contributed by atoms with van der Waals surface area (Å²) in [6, 6.07) is 0. The predicted molar refractivity (Wildman–Crippen MR) is 72.2 cm³/mol. The lowest BCUT2D eigenvalue weighted by atomic mass is 10.2. The summed E-state index contributed by atoms with van der Waals surface area (Å²) < 4.78 is 4.75. The first-order chi connectivity index (χ1) is 8.69. The van der Waals surface area contributed by atoms with Crippen molar-refractivity contribution in [2.75, 3.05) is 19.0 Å². The van der Waals surface area contributed by atoms with Crippen molar-refractivity contribution in [2.45, 2.75) is 6.92 Å². The van der Waals surface area contributed by atoms with E-state index >= 15 is 0 Å². The van der Waals surface area contributed by atoms with Crippen LogP contribution < -0.4 is 5.32 Å². The van der Waals surface area contributed by atoms with Crippen LogP contribution in [0.15, 0.2) is 19.0 Å². The monoisotopic (exact) mass is 263 g/mol. The highest BCUT2D eigenvalue weighted by Crippen LogP contribution is 2.33. The Morgan fingerprint density at radius 1 is 1.61 bits per heavy atom. The molecule has 0 aliphatic carbocycles. The Labute approximate surface area is 109 Å². The SMILES string of the molecule is C=CCNc1ncnc2sc(C(=O)OC)c(C)c12.